The minimum absolute atomic E-state index is 0.255. The van der Waals surface area contributed by atoms with Gasteiger partial charge in [-0.25, -0.2) is 0 Å². The number of rotatable bonds is 9. The Hall–Kier alpha value is -4.13. The van der Waals surface area contributed by atoms with Crippen molar-refractivity contribution in [2.45, 2.75) is 84.0 Å². The second-order valence-electron chi connectivity index (χ2n) is 9.06. The number of esters is 5. The fourth-order valence-electron chi connectivity index (χ4n) is 4.34. The number of ether oxygens (including phenoxy) is 8. The summed E-state index contributed by atoms with van der Waals surface area (Å²) in [6, 6.07) is 6.78. The molecule has 3 rings (SSSR count). The van der Waals surface area contributed by atoms with Crippen molar-refractivity contribution >= 4 is 29.8 Å². The molecule has 0 saturated carbocycles. The van der Waals surface area contributed by atoms with Crippen LogP contribution < -0.4 is 4.74 Å². The van der Waals surface area contributed by atoms with E-state index in [0.717, 1.165) is 20.8 Å². The van der Waals surface area contributed by atoms with Gasteiger partial charge in [-0.15, -0.1) is 0 Å². The van der Waals surface area contributed by atoms with Crippen LogP contribution in [-0.4, -0.2) is 73.3 Å². The average Bonchev–Trinajstić information content (AvgIpc) is 2.85. The molecule has 0 N–H and O–H groups in total. The van der Waals surface area contributed by atoms with E-state index in [2.05, 4.69) is 0 Å². The second kappa shape index (κ2) is 13.8. The Morgan fingerprint density at radius 1 is 0.775 bits per heavy atom. The Bertz CT molecular complexity index is 1130. The largest absolute Gasteiger partial charge is 0.493 e. The van der Waals surface area contributed by atoms with Gasteiger partial charge < -0.3 is 37.9 Å². The molecule has 0 radical (unpaired) electrons. The van der Waals surface area contributed by atoms with E-state index < -0.39 is 72.8 Å². The Kier molecular flexibility index (Phi) is 10.5. The Morgan fingerprint density at radius 3 is 2.00 bits per heavy atom. The molecule has 1 aromatic carbocycles. The van der Waals surface area contributed by atoms with Crippen molar-refractivity contribution in [3.63, 3.8) is 0 Å². The molecule has 0 aliphatic carbocycles. The summed E-state index contributed by atoms with van der Waals surface area (Å²) in [4.78, 5) is 59.1. The number of hydrogen-bond acceptors (Lipinski definition) is 13. The first-order valence-electron chi connectivity index (χ1n) is 12.5. The topological polar surface area (TPSA) is 159 Å². The molecule has 2 aliphatic rings. The van der Waals surface area contributed by atoms with Gasteiger partial charge in [-0.05, 0) is 12.1 Å². The van der Waals surface area contributed by atoms with Crippen molar-refractivity contribution in [1.29, 1.82) is 0 Å². The summed E-state index contributed by atoms with van der Waals surface area (Å²) in [6.45, 7) is 5.50. The van der Waals surface area contributed by atoms with Gasteiger partial charge >= 0.3 is 29.8 Å². The third-order valence-corrected chi connectivity index (χ3v) is 5.76. The van der Waals surface area contributed by atoms with Crippen molar-refractivity contribution in [1.82, 2.24) is 0 Å². The Balaban J connectivity index is 1.98. The van der Waals surface area contributed by atoms with Crippen LogP contribution in [0.2, 0.25) is 0 Å². The molecule has 7 atom stereocenters. The van der Waals surface area contributed by atoms with Gasteiger partial charge in [0.25, 0.3) is 0 Å². The van der Waals surface area contributed by atoms with E-state index in [1.807, 2.05) is 0 Å². The Labute approximate surface area is 230 Å². The van der Waals surface area contributed by atoms with Gasteiger partial charge in [0.1, 0.15) is 30.7 Å². The highest BCUT2D eigenvalue weighted by Gasteiger charge is 2.53. The molecule has 218 valence electrons. The smallest absolute Gasteiger partial charge is 0.303 e. The van der Waals surface area contributed by atoms with Gasteiger partial charge in [0.2, 0.25) is 12.4 Å². The number of carbonyl (C=O) groups is 5. The monoisotopic (exact) mass is 564 g/mol. The maximum absolute atomic E-state index is 12.1. The highest BCUT2D eigenvalue weighted by molar-refractivity contribution is 5.69. The van der Waals surface area contributed by atoms with Crippen LogP contribution in [0, 0.1) is 0 Å². The summed E-state index contributed by atoms with van der Waals surface area (Å²) in [5.41, 5.74) is 0.553. The van der Waals surface area contributed by atoms with E-state index in [1.165, 1.54) is 20.1 Å². The molecule has 13 heteroatoms. The first-order chi connectivity index (χ1) is 18.9. The second-order valence-corrected chi connectivity index (χ2v) is 9.06. The van der Waals surface area contributed by atoms with Gasteiger partial charge in [-0.1, -0.05) is 18.2 Å². The van der Waals surface area contributed by atoms with Gasteiger partial charge in [0.15, 0.2) is 12.2 Å². The highest BCUT2D eigenvalue weighted by atomic mass is 16.7. The standard InChI is InChI=1S/C27H32O13/c1-14(28)34-13-23-24(36-16(3)30)25(37-17(4)31)26(38-18(5)32)27(40-23)39-21-9-7-6-8-20(21)22-12-19(10-11-33-22)35-15(2)29/h6-11,19,22-27H,12-13H2,1-5H3/t19-,22-,23+,24+,25-,26+,27+/m1/s1. The van der Waals surface area contributed by atoms with Crippen LogP contribution in [0.3, 0.4) is 0 Å². The third kappa shape index (κ3) is 8.43. The summed E-state index contributed by atoms with van der Waals surface area (Å²) in [5, 5.41) is 0. The fourth-order valence-corrected chi connectivity index (χ4v) is 4.34. The lowest BCUT2D eigenvalue weighted by atomic mass is 9.97. The zero-order chi connectivity index (χ0) is 29.4. The predicted octanol–water partition coefficient (Wildman–Crippen LogP) is 2.06. The molecular weight excluding hydrogens is 532 g/mol. The van der Waals surface area contributed by atoms with Gasteiger partial charge in [-0.3, -0.25) is 24.0 Å². The molecule has 0 bridgehead atoms. The fraction of sp³-hybridized carbons (Fsp3) is 0.519. The summed E-state index contributed by atoms with van der Waals surface area (Å²) in [5.74, 6) is -3.08. The zero-order valence-corrected chi connectivity index (χ0v) is 22.7. The molecule has 0 spiro atoms. The average molecular weight is 565 g/mol. The lowest BCUT2D eigenvalue weighted by Crippen LogP contribution is -2.63. The minimum atomic E-state index is -1.41. The molecule has 2 heterocycles. The van der Waals surface area contributed by atoms with Crippen LogP contribution in [0.1, 0.15) is 52.7 Å². The lowest BCUT2D eigenvalue weighted by Gasteiger charge is -2.44. The molecule has 0 amide bonds. The first kappa shape index (κ1) is 30.4. The molecule has 2 aliphatic heterocycles. The summed E-state index contributed by atoms with van der Waals surface area (Å²) < 4.78 is 44.6. The summed E-state index contributed by atoms with van der Waals surface area (Å²) in [6.07, 6.45) is -4.45. The number of para-hydroxylation sites is 1. The minimum Gasteiger partial charge on any atom is -0.493 e. The van der Waals surface area contributed by atoms with Crippen molar-refractivity contribution in [3.8, 4) is 5.75 Å². The van der Waals surface area contributed by atoms with E-state index in [9.17, 15) is 24.0 Å². The highest BCUT2D eigenvalue weighted by Crippen LogP contribution is 2.37. The molecule has 1 aromatic rings. The number of benzene rings is 1. The van der Waals surface area contributed by atoms with Crippen LogP contribution in [0.4, 0.5) is 0 Å². The zero-order valence-electron chi connectivity index (χ0n) is 22.7. The van der Waals surface area contributed by atoms with E-state index >= 15 is 0 Å². The number of carbonyl (C=O) groups excluding carboxylic acids is 5. The third-order valence-electron chi connectivity index (χ3n) is 5.76. The first-order valence-corrected chi connectivity index (χ1v) is 12.5. The van der Waals surface area contributed by atoms with Crippen molar-refractivity contribution in [3.05, 3.63) is 42.2 Å². The van der Waals surface area contributed by atoms with Crippen LogP contribution in [0.25, 0.3) is 0 Å². The normalized spacial score (nSPS) is 27.4. The maximum Gasteiger partial charge on any atom is 0.303 e. The van der Waals surface area contributed by atoms with E-state index in [4.69, 9.17) is 37.9 Å². The SMILES string of the molecule is CC(=O)OC[C@@H]1O[C@H](Oc2ccccc2[C@H]2C[C@H](OC(C)=O)C=CO2)[C@@H](OC(C)=O)[C@H](OC(C)=O)[C@H]1OC(C)=O. The molecule has 13 nitrogen and oxygen atoms in total. The van der Waals surface area contributed by atoms with Crippen LogP contribution in [0.15, 0.2) is 36.6 Å². The quantitative estimate of drug-likeness (QED) is 0.317. The van der Waals surface area contributed by atoms with Crippen LogP contribution >= 0.6 is 0 Å². The van der Waals surface area contributed by atoms with Crippen molar-refractivity contribution in [2.75, 3.05) is 6.61 Å². The maximum atomic E-state index is 12.1. The molecule has 0 unspecified atom stereocenters. The molecule has 0 aromatic heterocycles. The van der Waals surface area contributed by atoms with Crippen molar-refractivity contribution in [2.24, 2.45) is 0 Å². The molecule has 1 saturated heterocycles. The van der Waals surface area contributed by atoms with E-state index in [1.54, 1.807) is 30.3 Å². The van der Waals surface area contributed by atoms with Crippen LogP contribution in [0.5, 0.6) is 5.75 Å². The van der Waals surface area contributed by atoms with E-state index in [0.29, 0.717) is 5.56 Å². The summed E-state index contributed by atoms with van der Waals surface area (Å²) >= 11 is 0. The molecular formula is C27H32O13. The number of hydrogen-bond donors (Lipinski definition) is 0. The summed E-state index contributed by atoms with van der Waals surface area (Å²) in [7, 11) is 0. The Morgan fingerprint density at radius 2 is 1.38 bits per heavy atom. The van der Waals surface area contributed by atoms with Gasteiger partial charge in [0.05, 0.1) is 6.26 Å². The lowest BCUT2D eigenvalue weighted by molar-refractivity contribution is -0.288. The van der Waals surface area contributed by atoms with Gasteiger partial charge in [0, 0.05) is 46.6 Å². The van der Waals surface area contributed by atoms with Crippen molar-refractivity contribution < 1.29 is 61.9 Å². The van der Waals surface area contributed by atoms with Gasteiger partial charge in [-0.2, -0.15) is 0 Å². The molecule has 1 fully saturated rings. The van der Waals surface area contributed by atoms with Crippen LogP contribution in [-0.2, 0) is 57.1 Å². The predicted molar refractivity (Wildman–Crippen MR) is 132 cm³/mol. The van der Waals surface area contributed by atoms with E-state index in [-0.39, 0.29) is 18.8 Å². The molecule has 40 heavy (non-hydrogen) atoms.